The molecule has 0 bridgehead atoms. The van der Waals surface area contributed by atoms with E-state index in [1.54, 1.807) is 12.1 Å². The summed E-state index contributed by atoms with van der Waals surface area (Å²) >= 11 is 0. The van der Waals surface area contributed by atoms with Gasteiger partial charge in [0.1, 0.15) is 0 Å². The topological polar surface area (TPSA) is 93.3 Å². The fourth-order valence-corrected chi connectivity index (χ4v) is 3.21. The lowest BCUT2D eigenvalue weighted by Crippen LogP contribution is -2.13. The van der Waals surface area contributed by atoms with Gasteiger partial charge in [-0.3, -0.25) is 0 Å². The Balaban J connectivity index is 1.68. The molecule has 112 valence electrons. The number of sulfonamides is 1. The van der Waals surface area contributed by atoms with Crippen molar-refractivity contribution in [3.8, 4) is 11.5 Å². The minimum absolute atomic E-state index is 0.0807. The van der Waals surface area contributed by atoms with E-state index in [0.29, 0.717) is 17.0 Å². The van der Waals surface area contributed by atoms with Crippen LogP contribution in [0, 0.1) is 0 Å². The first-order valence-corrected chi connectivity index (χ1v) is 7.97. The monoisotopic (exact) mass is 317 g/mol. The van der Waals surface area contributed by atoms with Crippen LogP contribution in [0.4, 0.5) is 5.95 Å². The molecule has 3 aromatic rings. The molecule has 0 saturated heterocycles. The second kappa shape index (κ2) is 4.63. The normalized spacial score (nSPS) is 13.5. The van der Waals surface area contributed by atoms with Gasteiger partial charge < -0.3 is 14.5 Å². The average Bonchev–Trinajstić information content (AvgIpc) is 3.11. The van der Waals surface area contributed by atoms with Crippen LogP contribution in [0.5, 0.6) is 11.5 Å². The molecular formula is C14H11N3O4S. The van der Waals surface area contributed by atoms with E-state index in [1.165, 1.54) is 12.1 Å². The molecular weight excluding hydrogens is 306 g/mol. The molecule has 0 amide bonds. The summed E-state index contributed by atoms with van der Waals surface area (Å²) in [6, 6.07) is 11.7. The summed E-state index contributed by atoms with van der Waals surface area (Å²) in [6.45, 7) is 0.0931. The summed E-state index contributed by atoms with van der Waals surface area (Å²) in [5, 5.41) is 0. The van der Waals surface area contributed by atoms with E-state index in [1.807, 2.05) is 18.2 Å². The minimum atomic E-state index is -3.76. The van der Waals surface area contributed by atoms with Crippen molar-refractivity contribution in [1.82, 2.24) is 9.97 Å². The summed E-state index contributed by atoms with van der Waals surface area (Å²) in [6.07, 6.45) is 0. The Labute approximate surface area is 125 Å². The predicted molar refractivity (Wildman–Crippen MR) is 79.5 cm³/mol. The lowest BCUT2D eigenvalue weighted by atomic mass is 10.3. The van der Waals surface area contributed by atoms with E-state index in [-0.39, 0.29) is 17.6 Å². The van der Waals surface area contributed by atoms with Crippen molar-refractivity contribution >= 4 is 27.0 Å². The van der Waals surface area contributed by atoms with Gasteiger partial charge in [0.05, 0.1) is 15.9 Å². The number of ether oxygens (including phenoxy) is 2. The molecule has 0 radical (unpaired) electrons. The molecule has 1 aliphatic rings. The van der Waals surface area contributed by atoms with Gasteiger partial charge in [-0.25, -0.2) is 18.1 Å². The quantitative estimate of drug-likeness (QED) is 0.771. The molecule has 22 heavy (non-hydrogen) atoms. The zero-order valence-corrected chi connectivity index (χ0v) is 12.1. The van der Waals surface area contributed by atoms with Crippen LogP contribution in [0.3, 0.4) is 0 Å². The van der Waals surface area contributed by atoms with Gasteiger partial charge in [0, 0.05) is 6.07 Å². The van der Waals surface area contributed by atoms with Gasteiger partial charge in [-0.05, 0) is 24.3 Å². The number of para-hydroxylation sites is 2. The van der Waals surface area contributed by atoms with Crippen molar-refractivity contribution in [2.45, 2.75) is 4.90 Å². The Kier molecular flexibility index (Phi) is 2.73. The molecule has 0 saturated carbocycles. The number of hydrogen-bond donors (Lipinski definition) is 2. The summed E-state index contributed by atoms with van der Waals surface area (Å²) in [7, 11) is -3.76. The molecule has 2 N–H and O–H groups in total. The van der Waals surface area contributed by atoms with Gasteiger partial charge in [0.2, 0.25) is 12.7 Å². The highest BCUT2D eigenvalue weighted by Crippen LogP contribution is 2.34. The molecule has 2 heterocycles. The van der Waals surface area contributed by atoms with Crippen LogP contribution in [-0.2, 0) is 10.0 Å². The van der Waals surface area contributed by atoms with Crippen molar-refractivity contribution < 1.29 is 17.9 Å². The highest BCUT2D eigenvalue weighted by atomic mass is 32.2. The number of nitrogens with zero attached hydrogens (tertiary/aromatic N) is 1. The number of anilines is 1. The Hall–Kier alpha value is -2.74. The van der Waals surface area contributed by atoms with Crippen LogP contribution in [0.1, 0.15) is 0 Å². The van der Waals surface area contributed by atoms with Gasteiger partial charge in [0.15, 0.2) is 11.5 Å². The highest BCUT2D eigenvalue weighted by molar-refractivity contribution is 7.92. The fraction of sp³-hybridized carbons (Fsp3) is 0.0714. The molecule has 7 nitrogen and oxygen atoms in total. The SMILES string of the molecule is O=S(=O)(Nc1nc2ccccc2[nH]1)c1ccc2c(c1)OCO2. The number of aromatic nitrogens is 2. The number of nitrogens with one attached hydrogen (secondary N) is 2. The molecule has 0 spiro atoms. The van der Waals surface area contributed by atoms with Crippen LogP contribution in [0.25, 0.3) is 11.0 Å². The summed E-state index contributed by atoms with van der Waals surface area (Å²) in [5.74, 6) is 1.11. The van der Waals surface area contributed by atoms with Gasteiger partial charge in [-0.15, -0.1) is 0 Å². The molecule has 0 unspecified atom stereocenters. The molecule has 8 heteroatoms. The fourth-order valence-electron chi connectivity index (χ4n) is 2.23. The third-order valence-electron chi connectivity index (χ3n) is 3.27. The maximum absolute atomic E-state index is 12.4. The Morgan fingerprint density at radius 1 is 1.09 bits per heavy atom. The second-order valence-corrected chi connectivity index (χ2v) is 6.41. The van der Waals surface area contributed by atoms with E-state index in [9.17, 15) is 8.42 Å². The number of hydrogen-bond acceptors (Lipinski definition) is 5. The standard InChI is InChI=1S/C14H11N3O4S/c18-22(19,9-5-6-12-13(7-9)21-8-20-12)17-14-15-10-3-1-2-4-11(10)16-14/h1-7H,8H2,(H2,15,16,17). The van der Waals surface area contributed by atoms with Crippen LogP contribution < -0.4 is 14.2 Å². The first kappa shape index (κ1) is 13.0. The number of H-pyrrole nitrogens is 1. The van der Waals surface area contributed by atoms with Crippen LogP contribution >= 0.6 is 0 Å². The van der Waals surface area contributed by atoms with E-state index < -0.39 is 10.0 Å². The second-order valence-electron chi connectivity index (χ2n) is 4.72. The van der Waals surface area contributed by atoms with Gasteiger partial charge in [-0.1, -0.05) is 12.1 Å². The highest BCUT2D eigenvalue weighted by Gasteiger charge is 2.21. The third-order valence-corrected chi connectivity index (χ3v) is 4.61. The number of aromatic amines is 1. The number of imidazole rings is 1. The molecule has 0 aliphatic carbocycles. The molecule has 4 rings (SSSR count). The van der Waals surface area contributed by atoms with E-state index in [2.05, 4.69) is 14.7 Å². The van der Waals surface area contributed by atoms with Gasteiger partial charge >= 0.3 is 0 Å². The first-order chi connectivity index (χ1) is 10.6. The molecule has 0 atom stereocenters. The van der Waals surface area contributed by atoms with Gasteiger partial charge in [0.25, 0.3) is 10.0 Å². The zero-order valence-electron chi connectivity index (χ0n) is 11.2. The van der Waals surface area contributed by atoms with Crippen LogP contribution in [-0.4, -0.2) is 25.2 Å². The Morgan fingerprint density at radius 2 is 1.91 bits per heavy atom. The molecule has 0 fully saturated rings. The largest absolute Gasteiger partial charge is 0.454 e. The van der Waals surface area contributed by atoms with Crippen LogP contribution in [0.2, 0.25) is 0 Å². The third kappa shape index (κ3) is 2.13. The van der Waals surface area contributed by atoms with Crippen molar-refractivity contribution in [2.24, 2.45) is 0 Å². The van der Waals surface area contributed by atoms with Crippen molar-refractivity contribution in [1.29, 1.82) is 0 Å². The lowest BCUT2D eigenvalue weighted by Gasteiger charge is -2.06. The van der Waals surface area contributed by atoms with E-state index in [4.69, 9.17) is 9.47 Å². The van der Waals surface area contributed by atoms with E-state index in [0.717, 1.165) is 5.52 Å². The first-order valence-electron chi connectivity index (χ1n) is 6.49. The van der Waals surface area contributed by atoms with Gasteiger partial charge in [-0.2, -0.15) is 0 Å². The minimum Gasteiger partial charge on any atom is -0.454 e. The molecule has 1 aliphatic heterocycles. The van der Waals surface area contributed by atoms with E-state index >= 15 is 0 Å². The Morgan fingerprint density at radius 3 is 2.77 bits per heavy atom. The maximum atomic E-state index is 12.4. The molecule has 1 aromatic heterocycles. The maximum Gasteiger partial charge on any atom is 0.264 e. The lowest BCUT2D eigenvalue weighted by molar-refractivity contribution is 0.174. The number of rotatable bonds is 3. The predicted octanol–water partition coefficient (Wildman–Crippen LogP) is 2.09. The molecule has 2 aromatic carbocycles. The Bertz CT molecular complexity index is 932. The summed E-state index contributed by atoms with van der Waals surface area (Å²) in [5.41, 5.74) is 1.44. The van der Waals surface area contributed by atoms with Crippen molar-refractivity contribution in [3.63, 3.8) is 0 Å². The van der Waals surface area contributed by atoms with Crippen molar-refractivity contribution in [2.75, 3.05) is 11.5 Å². The van der Waals surface area contributed by atoms with Crippen molar-refractivity contribution in [3.05, 3.63) is 42.5 Å². The average molecular weight is 317 g/mol. The summed E-state index contributed by atoms with van der Waals surface area (Å²) < 4.78 is 37.6. The van der Waals surface area contributed by atoms with Crippen LogP contribution in [0.15, 0.2) is 47.4 Å². The smallest absolute Gasteiger partial charge is 0.264 e. The number of benzene rings is 2. The number of fused-ring (bicyclic) bond motifs is 2. The zero-order chi connectivity index (χ0) is 15.2. The summed E-state index contributed by atoms with van der Waals surface area (Å²) in [4.78, 5) is 7.19.